The van der Waals surface area contributed by atoms with Crippen molar-refractivity contribution in [2.75, 3.05) is 19.0 Å². The maximum absolute atomic E-state index is 13.8. The fraction of sp³-hybridized carbons (Fsp3) is 0.464. The molecule has 0 saturated heterocycles. The van der Waals surface area contributed by atoms with E-state index in [0.29, 0.717) is 29.8 Å². The lowest BCUT2D eigenvalue weighted by molar-refractivity contribution is -0.142. The molecule has 0 aliphatic heterocycles. The second kappa shape index (κ2) is 11.6. The summed E-state index contributed by atoms with van der Waals surface area (Å²) in [7, 11) is 1.56. The predicted octanol–water partition coefficient (Wildman–Crippen LogP) is 3.87. The van der Waals surface area contributed by atoms with Crippen LogP contribution in [-0.2, 0) is 14.3 Å². The van der Waals surface area contributed by atoms with E-state index in [0.717, 1.165) is 11.1 Å². The molecule has 9 nitrogen and oxygen atoms in total. The van der Waals surface area contributed by atoms with Gasteiger partial charge in [-0.15, -0.1) is 0 Å². The first-order chi connectivity index (χ1) is 17.4. The molecule has 0 bridgehead atoms. The number of aliphatic hydroxyl groups excluding tert-OH is 1. The quantitative estimate of drug-likeness (QED) is 0.471. The number of rotatable bonds is 9. The van der Waals surface area contributed by atoms with Gasteiger partial charge in [0.25, 0.3) is 5.91 Å². The zero-order valence-electron chi connectivity index (χ0n) is 22.3. The van der Waals surface area contributed by atoms with Crippen LogP contribution in [0.4, 0.5) is 10.5 Å². The van der Waals surface area contributed by atoms with Crippen molar-refractivity contribution in [1.82, 2.24) is 10.2 Å². The molecular weight excluding hydrogens is 474 g/mol. The van der Waals surface area contributed by atoms with Gasteiger partial charge < -0.3 is 30.1 Å². The Morgan fingerprint density at radius 3 is 2.24 bits per heavy atom. The highest BCUT2D eigenvalue weighted by atomic mass is 16.6. The zero-order chi connectivity index (χ0) is 27.3. The van der Waals surface area contributed by atoms with Gasteiger partial charge in [0, 0.05) is 11.7 Å². The van der Waals surface area contributed by atoms with Crippen LogP contribution in [0.25, 0.3) is 0 Å². The number of aryl methyl sites for hydroxylation is 2. The molecule has 9 heteroatoms. The Labute approximate surface area is 218 Å². The number of nitrogens with zero attached hydrogens (tertiary/aromatic N) is 1. The third kappa shape index (κ3) is 7.45. The van der Waals surface area contributed by atoms with Gasteiger partial charge in [-0.1, -0.05) is 23.8 Å². The first-order valence-corrected chi connectivity index (χ1v) is 12.4. The van der Waals surface area contributed by atoms with Gasteiger partial charge in [-0.3, -0.25) is 9.59 Å². The second-order valence-electron chi connectivity index (χ2n) is 10.3. The van der Waals surface area contributed by atoms with E-state index in [1.54, 1.807) is 52.1 Å². The van der Waals surface area contributed by atoms with Crippen LogP contribution in [-0.4, -0.2) is 59.3 Å². The van der Waals surface area contributed by atoms with Gasteiger partial charge in [-0.05, 0) is 82.9 Å². The van der Waals surface area contributed by atoms with Crippen molar-refractivity contribution in [2.24, 2.45) is 0 Å². The van der Waals surface area contributed by atoms with E-state index in [-0.39, 0.29) is 6.04 Å². The molecule has 3 amide bonds. The van der Waals surface area contributed by atoms with Gasteiger partial charge in [0.1, 0.15) is 23.4 Å². The van der Waals surface area contributed by atoms with Gasteiger partial charge >= 0.3 is 6.09 Å². The summed E-state index contributed by atoms with van der Waals surface area (Å²) in [5.41, 5.74) is 2.33. The molecule has 2 atom stereocenters. The molecular formula is C28H37N3O6. The average Bonchev–Trinajstić information content (AvgIpc) is 3.65. The molecule has 1 fully saturated rings. The molecule has 0 heterocycles. The number of methoxy groups -OCH3 is 1. The first-order valence-electron chi connectivity index (χ1n) is 12.4. The van der Waals surface area contributed by atoms with Crippen LogP contribution in [0.2, 0.25) is 0 Å². The van der Waals surface area contributed by atoms with Crippen LogP contribution in [0, 0.1) is 13.8 Å². The molecule has 1 aliphatic rings. The van der Waals surface area contributed by atoms with Crippen molar-refractivity contribution in [3.63, 3.8) is 0 Å². The fourth-order valence-electron chi connectivity index (χ4n) is 4.12. The van der Waals surface area contributed by atoms with E-state index >= 15 is 0 Å². The van der Waals surface area contributed by atoms with Crippen molar-refractivity contribution in [1.29, 1.82) is 0 Å². The number of ether oxygens (including phenoxy) is 2. The maximum atomic E-state index is 13.8. The van der Waals surface area contributed by atoms with Crippen molar-refractivity contribution >= 4 is 23.6 Å². The predicted molar refractivity (Wildman–Crippen MR) is 140 cm³/mol. The molecule has 0 aromatic heterocycles. The summed E-state index contributed by atoms with van der Waals surface area (Å²) >= 11 is 0. The van der Waals surface area contributed by atoms with Crippen LogP contribution in [0.3, 0.4) is 0 Å². The van der Waals surface area contributed by atoms with Crippen LogP contribution in [0.1, 0.15) is 56.3 Å². The molecule has 1 aliphatic carbocycles. The lowest BCUT2D eigenvalue weighted by Gasteiger charge is -2.35. The highest BCUT2D eigenvalue weighted by Crippen LogP contribution is 2.37. The Kier molecular flexibility index (Phi) is 8.81. The second-order valence-corrected chi connectivity index (χ2v) is 10.3. The first kappa shape index (κ1) is 28.0. The van der Waals surface area contributed by atoms with E-state index in [1.807, 2.05) is 32.0 Å². The van der Waals surface area contributed by atoms with Gasteiger partial charge in [0.15, 0.2) is 0 Å². The maximum Gasteiger partial charge on any atom is 0.408 e. The summed E-state index contributed by atoms with van der Waals surface area (Å²) in [6.07, 6.45) is 0.613. The molecule has 2 aromatic carbocycles. The summed E-state index contributed by atoms with van der Waals surface area (Å²) in [6, 6.07) is 10.2. The lowest BCUT2D eigenvalue weighted by Crippen LogP contribution is -2.54. The van der Waals surface area contributed by atoms with Crippen molar-refractivity contribution in [3.05, 3.63) is 59.2 Å². The Morgan fingerprint density at radius 1 is 1.08 bits per heavy atom. The highest BCUT2D eigenvalue weighted by molar-refractivity contribution is 5.99. The van der Waals surface area contributed by atoms with Crippen LogP contribution >= 0.6 is 0 Å². The van der Waals surface area contributed by atoms with Crippen LogP contribution < -0.4 is 15.4 Å². The summed E-state index contributed by atoms with van der Waals surface area (Å²) in [5.74, 6) is -0.297. The van der Waals surface area contributed by atoms with Gasteiger partial charge in [-0.25, -0.2) is 4.79 Å². The summed E-state index contributed by atoms with van der Waals surface area (Å²) in [4.78, 5) is 41.5. The number of alkyl carbamates (subject to hydrolysis) is 1. The topological polar surface area (TPSA) is 117 Å². The number of benzene rings is 2. The SMILES string of the molecule is COc1ccc(NC(=O)C(c2ccc(C)cc2C)N(C(=O)C(CO)NC(=O)OC(C)(C)C)C2CC2)cc1. The Bertz CT molecular complexity index is 1120. The molecule has 3 N–H and O–H groups in total. The number of amides is 3. The minimum atomic E-state index is -1.27. The fourth-order valence-corrected chi connectivity index (χ4v) is 4.12. The highest BCUT2D eigenvalue weighted by Gasteiger charge is 2.44. The number of hydrogen-bond donors (Lipinski definition) is 3. The molecule has 37 heavy (non-hydrogen) atoms. The van der Waals surface area contributed by atoms with E-state index < -0.39 is 42.2 Å². The zero-order valence-corrected chi connectivity index (χ0v) is 22.3. The Balaban J connectivity index is 1.96. The van der Waals surface area contributed by atoms with E-state index in [4.69, 9.17) is 9.47 Å². The molecule has 0 radical (unpaired) electrons. The minimum absolute atomic E-state index is 0.200. The van der Waals surface area contributed by atoms with Crippen molar-refractivity contribution in [2.45, 2.75) is 71.2 Å². The van der Waals surface area contributed by atoms with Gasteiger partial charge in [0.2, 0.25) is 5.91 Å². The van der Waals surface area contributed by atoms with Gasteiger partial charge in [-0.2, -0.15) is 0 Å². The lowest BCUT2D eigenvalue weighted by atomic mass is 9.96. The minimum Gasteiger partial charge on any atom is -0.497 e. The van der Waals surface area contributed by atoms with Crippen molar-refractivity contribution in [3.8, 4) is 5.75 Å². The third-order valence-corrected chi connectivity index (χ3v) is 5.97. The molecule has 0 spiro atoms. The standard InChI is InChI=1S/C28H37N3O6/c1-17-7-14-22(18(2)15-17)24(25(33)29-19-8-12-21(36-6)13-9-19)31(20-10-11-20)26(34)23(16-32)30-27(35)37-28(3,4)5/h7-9,12-15,20,23-24,32H,10-11,16H2,1-6H3,(H,29,33)(H,30,35). The molecule has 2 aromatic rings. The number of carbonyl (C=O) groups is 3. The Hall–Kier alpha value is -3.59. The number of anilines is 1. The third-order valence-electron chi connectivity index (χ3n) is 5.97. The van der Waals surface area contributed by atoms with E-state index in [9.17, 15) is 19.5 Å². The number of carbonyl (C=O) groups excluding carboxylic acids is 3. The van der Waals surface area contributed by atoms with E-state index in [2.05, 4.69) is 10.6 Å². The summed E-state index contributed by atoms with van der Waals surface area (Å²) in [5, 5.41) is 15.4. The number of hydrogen-bond acceptors (Lipinski definition) is 6. The van der Waals surface area contributed by atoms with Crippen LogP contribution in [0.5, 0.6) is 5.75 Å². The Morgan fingerprint density at radius 2 is 1.73 bits per heavy atom. The summed E-state index contributed by atoms with van der Waals surface area (Å²) in [6.45, 7) is 8.34. The monoisotopic (exact) mass is 511 g/mol. The van der Waals surface area contributed by atoms with E-state index in [1.165, 1.54) is 4.90 Å². The smallest absolute Gasteiger partial charge is 0.408 e. The molecule has 1 saturated carbocycles. The normalized spacial score (nSPS) is 14.8. The number of nitrogens with one attached hydrogen (secondary N) is 2. The molecule has 3 rings (SSSR count). The van der Waals surface area contributed by atoms with Gasteiger partial charge in [0.05, 0.1) is 13.7 Å². The van der Waals surface area contributed by atoms with Crippen LogP contribution in [0.15, 0.2) is 42.5 Å². The average molecular weight is 512 g/mol. The summed E-state index contributed by atoms with van der Waals surface area (Å²) < 4.78 is 10.5. The van der Waals surface area contributed by atoms with Crippen molar-refractivity contribution < 1.29 is 29.0 Å². The largest absolute Gasteiger partial charge is 0.497 e. The molecule has 200 valence electrons. The molecule has 2 unspecified atom stereocenters. The number of aliphatic hydroxyl groups is 1.